The van der Waals surface area contributed by atoms with Gasteiger partial charge in [0.15, 0.2) is 0 Å². The molecule has 3 rings (SSSR count). The number of nitrogens with one attached hydrogen (secondary N) is 1. The highest BCUT2D eigenvalue weighted by molar-refractivity contribution is 5.83. The van der Waals surface area contributed by atoms with E-state index in [1.54, 1.807) is 6.26 Å². The molecule has 3 aromatic rings. The van der Waals surface area contributed by atoms with E-state index in [-0.39, 0.29) is 6.04 Å². The van der Waals surface area contributed by atoms with Crippen LogP contribution in [-0.4, -0.2) is 6.54 Å². The molecule has 1 unspecified atom stereocenters. The van der Waals surface area contributed by atoms with Crippen LogP contribution in [0.2, 0.25) is 0 Å². The first-order valence-electron chi connectivity index (χ1n) is 7.62. The Bertz CT molecular complexity index is 697. The summed E-state index contributed by atoms with van der Waals surface area (Å²) in [4.78, 5) is 0. The van der Waals surface area contributed by atoms with Crippen molar-refractivity contribution in [1.29, 1.82) is 0 Å². The zero-order chi connectivity index (χ0) is 14.7. The fourth-order valence-corrected chi connectivity index (χ4v) is 2.78. The first-order valence-corrected chi connectivity index (χ1v) is 7.62. The van der Waals surface area contributed by atoms with E-state index in [4.69, 9.17) is 8.83 Å². The van der Waals surface area contributed by atoms with Crippen molar-refractivity contribution in [2.24, 2.45) is 0 Å². The quantitative estimate of drug-likeness (QED) is 0.714. The van der Waals surface area contributed by atoms with Gasteiger partial charge in [-0.05, 0) is 31.2 Å². The zero-order valence-corrected chi connectivity index (χ0v) is 12.6. The molecule has 0 amide bonds. The van der Waals surface area contributed by atoms with Gasteiger partial charge in [0.25, 0.3) is 0 Å². The van der Waals surface area contributed by atoms with Crippen molar-refractivity contribution in [2.75, 3.05) is 6.54 Å². The molecule has 0 aliphatic rings. The molecule has 0 fully saturated rings. The molecule has 0 aliphatic heterocycles. The lowest BCUT2D eigenvalue weighted by molar-refractivity contribution is 0.439. The molecule has 2 heterocycles. The molecular formula is C18H21NO2. The maximum absolute atomic E-state index is 6.03. The van der Waals surface area contributed by atoms with Crippen LogP contribution in [0.4, 0.5) is 0 Å². The molecule has 2 aromatic heterocycles. The Morgan fingerprint density at radius 3 is 2.67 bits per heavy atom. The smallest absolute Gasteiger partial charge is 0.134 e. The molecule has 21 heavy (non-hydrogen) atoms. The molecule has 0 saturated heterocycles. The Morgan fingerprint density at radius 2 is 1.95 bits per heavy atom. The monoisotopic (exact) mass is 283 g/mol. The molecule has 0 radical (unpaired) electrons. The zero-order valence-electron chi connectivity index (χ0n) is 12.6. The molecule has 0 saturated carbocycles. The van der Waals surface area contributed by atoms with Crippen LogP contribution >= 0.6 is 0 Å². The summed E-state index contributed by atoms with van der Waals surface area (Å²) in [5.74, 6) is 1.96. The van der Waals surface area contributed by atoms with Crippen LogP contribution < -0.4 is 5.32 Å². The van der Waals surface area contributed by atoms with Crippen LogP contribution in [0.1, 0.15) is 43.4 Å². The number of rotatable bonds is 6. The summed E-state index contributed by atoms with van der Waals surface area (Å²) in [6.45, 7) is 5.23. The van der Waals surface area contributed by atoms with Crippen LogP contribution in [0.5, 0.6) is 0 Å². The van der Waals surface area contributed by atoms with Gasteiger partial charge in [0.05, 0.1) is 12.3 Å². The average Bonchev–Trinajstić information content (AvgIpc) is 3.16. The van der Waals surface area contributed by atoms with Crippen molar-refractivity contribution in [1.82, 2.24) is 5.32 Å². The number of fused-ring (bicyclic) bond motifs is 1. The first-order chi connectivity index (χ1) is 10.3. The molecule has 0 spiro atoms. The lowest BCUT2D eigenvalue weighted by Gasteiger charge is -2.17. The first kappa shape index (κ1) is 14.0. The molecule has 0 aliphatic carbocycles. The van der Waals surface area contributed by atoms with E-state index in [9.17, 15) is 0 Å². The Labute approximate surface area is 124 Å². The maximum atomic E-state index is 6.03. The van der Waals surface area contributed by atoms with E-state index >= 15 is 0 Å². The Hall–Kier alpha value is -2.00. The lowest BCUT2D eigenvalue weighted by Crippen LogP contribution is -2.23. The highest BCUT2D eigenvalue weighted by atomic mass is 16.3. The molecule has 3 nitrogen and oxygen atoms in total. The number of aryl methyl sites for hydroxylation is 1. The van der Waals surface area contributed by atoms with Crippen LogP contribution in [-0.2, 0) is 6.42 Å². The second-order valence-corrected chi connectivity index (χ2v) is 5.19. The number of benzene rings is 1. The molecule has 110 valence electrons. The summed E-state index contributed by atoms with van der Waals surface area (Å²) in [7, 11) is 0. The summed E-state index contributed by atoms with van der Waals surface area (Å²) in [5.41, 5.74) is 2.15. The van der Waals surface area contributed by atoms with Crippen LogP contribution in [0.3, 0.4) is 0 Å². The van der Waals surface area contributed by atoms with Crippen molar-refractivity contribution in [3.63, 3.8) is 0 Å². The van der Waals surface area contributed by atoms with Crippen molar-refractivity contribution in [2.45, 2.75) is 32.7 Å². The van der Waals surface area contributed by atoms with Crippen LogP contribution in [0.15, 0.2) is 51.5 Å². The van der Waals surface area contributed by atoms with Crippen molar-refractivity contribution >= 4 is 11.0 Å². The average molecular weight is 283 g/mol. The Balaban J connectivity index is 2.13. The van der Waals surface area contributed by atoms with E-state index in [2.05, 4.69) is 31.3 Å². The van der Waals surface area contributed by atoms with Gasteiger partial charge in [-0.15, -0.1) is 0 Å². The molecule has 3 heteroatoms. The molecule has 1 aromatic carbocycles. The standard InChI is InChI=1S/C18H21NO2/c1-3-11-19-18(16-10-7-12-20-16)17-13-8-5-6-9-15(13)21-14(17)4-2/h5-10,12,18-19H,3-4,11H2,1-2H3. The predicted octanol–water partition coefficient (Wildman–Crippen LogP) is 4.68. The summed E-state index contributed by atoms with van der Waals surface area (Å²) < 4.78 is 11.7. The maximum Gasteiger partial charge on any atom is 0.134 e. The highest BCUT2D eigenvalue weighted by Gasteiger charge is 2.24. The largest absolute Gasteiger partial charge is 0.467 e. The summed E-state index contributed by atoms with van der Waals surface area (Å²) in [6, 6.07) is 12.2. The predicted molar refractivity (Wildman–Crippen MR) is 84.4 cm³/mol. The van der Waals surface area contributed by atoms with Crippen LogP contribution in [0.25, 0.3) is 11.0 Å². The summed E-state index contributed by atoms with van der Waals surface area (Å²) >= 11 is 0. The van der Waals surface area contributed by atoms with E-state index in [1.165, 1.54) is 10.9 Å². The van der Waals surface area contributed by atoms with Gasteiger partial charge in [-0.2, -0.15) is 0 Å². The fourth-order valence-electron chi connectivity index (χ4n) is 2.78. The minimum Gasteiger partial charge on any atom is -0.467 e. The van der Waals surface area contributed by atoms with Gasteiger partial charge in [-0.1, -0.05) is 32.0 Å². The number of para-hydroxylation sites is 1. The van der Waals surface area contributed by atoms with Gasteiger partial charge < -0.3 is 14.2 Å². The van der Waals surface area contributed by atoms with E-state index < -0.39 is 0 Å². The summed E-state index contributed by atoms with van der Waals surface area (Å²) in [5, 5.41) is 4.75. The summed E-state index contributed by atoms with van der Waals surface area (Å²) in [6.07, 6.45) is 3.67. The topological polar surface area (TPSA) is 38.3 Å². The van der Waals surface area contributed by atoms with Gasteiger partial charge >= 0.3 is 0 Å². The van der Waals surface area contributed by atoms with Gasteiger partial charge in [0.2, 0.25) is 0 Å². The number of furan rings is 2. The van der Waals surface area contributed by atoms with E-state index in [1.807, 2.05) is 24.3 Å². The van der Waals surface area contributed by atoms with Crippen molar-refractivity contribution < 1.29 is 8.83 Å². The van der Waals surface area contributed by atoms with Crippen LogP contribution in [0, 0.1) is 0 Å². The van der Waals surface area contributed by atoms with Gasteiger partial charge in [-0.3, -0.25) is 0 Å². The third-order valence-electron chi connectivity index (χ3n) is 3.75. The normalized spacial score (nSPS) is 12.9. The minimum absolute atomic E-state index is 0.0403. The minimum atomic E-state index is 0.0403. The highest BCUT2D eigenvalue weighted by Crippen LogP contribution is 2.34. The molecular weight excluding hydrogens is 262 g/mol. The second-order valence-electron chi connectivity index (χ2n) is 5.19. The Morgan fingerprint density at radius 1 is 1.10 bits per heavy atom. The number of hydrogen-bond acceptors (Lipinski definition) is 3. The number of hydrogen-bond donors (Lipinski definition) is 1. The Kier molecular flexibility index (Phi) is 4.11. The molecule has 1 atom stereocenters. The van der Waals surface area contributed by atoms with E-state index in [0.717, 1.165) is 36.5 Å². The van der Waals surface area contributed by atoms with Crippen molar-refractivity contribution in [3.05, 3.63) is 59.7 Å². The van der Waals surface area contributed by atoms with Gasteiger partial charge in [0.1, 0.15) is 17.1 Å². The molecule has 1 N–H and O–H groups in total. The van der Waals surface area contributed by atoms with E-state index in [0.29, 0.717) is 0 Å². The lowest BCUT2D eigenvalue weighted by atomic mass is 9.99. The van der Waals surface area contributed by atoms with Crippen molar-refractivity contribution in [3.8, 4) is 0 Å². The third-order valence-corrected chi connectivity index (χ3v) is 3.75. The third kappa shape index (κ3) is 2.61. The van der Waals surface area contributed by atoms with Gasteiger partial charge in [0, 0.05) is 17.4 Å². The SMILES string of the molecule is CCCNC(c1ccco1)c1c(CC)oc2ccccc12. The van der Waals surface area contributed by atoms with Gasteiger partial charge in [-0.25, -0.2) is 0 Å². The molecule has 0 bridgehead atoms. The fraction of sp³-hybridized carbons (Fsp3) is 0.333. The second kappa shape index (κ2) is 6.19.